The normalized spacial score (nSPS) is 18.8. The number of hydrogen-bond donors (Lipinski definition) is 0. The third kappa shape index (κ3) is 3.76. The van der Waals surface area contributed by atoms with Gasteiger partial charge in [0.15, 0.2) is 0 Å². The van der Waals surface area contributed by atoms with E-state index in [-0.39, 0.29) is 0 Å². The molecule has 0 heterocycles. The number of hydrogen-bond acceptors (Lipinski definition) is 1. The van der Waals surface area contributed by atoms with E-state index in [2.05, 4.69) is 19.0 Å². The van der Waals surface area contributed by atoms with Gasteiger partial charge in [-0.05, 0) is 33.0 Å². The lowest BCUT2D eigenvalue weighted by Crippen LogP contribution is -2.14. The van der Waals surface area contributed by atoms with Crippen molar-refractivity contribution in [3.05, 3.63) is 0 Å². The molecule has 0 aromatic rings. The topological polar surface area (TPSA) is 3.24 Å². The molecule has 0 amide bonds. The van der Waals surface area contributed by atoms with E-state index in [9.17, 15) is 0 Å². The Labute approximate surface area is 70.8 Å². The molecule has 1 rings (SSSR count). The van der Waals surface area contributed by atoms with E-state index in [1.54, 1.807) is 0 Å². The Hall–Kier alpha value is -0.0400. The van der Waals surface area contributed by atoms with Crippen molar-refractivity contribution in [3.63, 3.8) is 0 Å². The molecule has 0 radical (unpaired) electrons. The quantitative estimate of drug-likeness (QED) is 0.551. The summed E-state index contributed by atoms with van der Waals surface area (Å²) in [5.74, 6) is 1.11. The molecule has 1 aliphatic rings. The van der Waals surface area contributed by atoms with Crippen LogP contribution in [0, 0.1) is 5.92 Å². The van der Waals surface area contributed by atoms with Crippen LogP contribution < -0.4 is 0 Å². The summed E-state index contributed by atoms with van der Waals surface area (Å²) < 4.78 is 0. The van der Waals surface area contributed by atoms with Crippen LogP contribution in [-0.2, 0) is 0 Å². The monoisotopic (exact) mass is 155 g/mol. The molecule has 0 spiro atoms. The van der Waals surface area contributed by atoms with Gasteiger partial charge < -0.3 is 4.90 Å². The van der Waals surface area contributed by atoms with Crippen molar-refractivity contribution in [1.29, 1.82) is 0 Å². The summed E-state index contributed by atoms with van der Waals surface area (Å²) in [6, 6.07) is 0. The van der Waals surface area contributed by atoms with Crippen LogP contribution >= 0.6 is 0 Å². The summed E-state index contributed by atoms with van der Waals surface area (Å²) in [5, 5.41) is 0. The van der Waals surface area contributed by atoms with Crippen LogP contribution in [0.25, 0.3) is 0 Å². The first-order valence-corrected chi connectivity index (χ1v) is 4.94. The second-order valence-electron chi connectivity index (χ2n) is 4.10. The molecule has 1 saturated carbocycles. The van der Waals surface area contributed by atoms with Gasteiger partial charge in [-0.2, -0.15) is 0 Å². The highest BCUT2D eigenvalue weighted by Crippen LogP contribution is 2.30. The van der Waals surface area contributed by atoms with E-state index < -0.39 is 0 Å². The van der Waals surface area contributed by atoms with Gasteiger partial charge >= 0.3 is 0 Å². The summed E-state index contributed by atoms with van der Waals surface area (Å²) in [7, 11) is 4.31. The molecule has 0 bridgehead atoms. The number of nitrogens with zero attached hydrogens (tertiary/aromatic N) is 1. The molecule has 0 atom stereocenters. The van der Waals surface area contributed by atoms with Crippen molar-refractivity contribution >= 4 is 0 Å². The van der Waals surface area contributed by atoms with Crippen molar-refractivity contribution in [2.45, 2.75) is 38.5 Å². The highest BCUT2D eigenvalue weighted by atomic mass is 15.0. The van der Waals surface area contributed by atoms with Gasteiger partial charge in [-0.25, -0.2) is 0 Å². The predicted octanol–water partition coefficient (Wildman–Crippen LogP) is 2.52. The van der Waals surface area contributed by atoms with Crippen LogP contribution in [0.5, 0.6) is 0 Å². The Bertz CT molecular complexity index is 95.0. The molecule has 1 nitrogen and oxygen atoms in total. The van der Waals surface area contributed by atoms with Gasteiger partial charge in [-0.1, -0.05) is 32.1 Å². The Morgan fingerprint density at radius 2 is 1.91 bits per heavy atom. The van der Waals surface area contributed by atoms with Gasteiger partial charge in [0.05, 0.1) is 0 Å². The lowest BCUT2D eigenvalue weighted by molar-refractivity contribution is 0.280. The first-order valence-electron chi connectivity index (χ1n) is 4.94. The summed E-state index contributed by atoms with van der Waals surface area (Å²) in [5.41, 5.74) is 0. The average molecular weight is 155 g/mol. The largest absolute Gasteiger partial charge is 0.309 e. The molecule has 1 aliphatic carbocycles. The first kappa shape index (κ1) is 9.05. The molecule has 66 valence electrons. The molecule has 1 heteroatoms. The standard InChI is InChI=1S/C10H21N/c1-11(2)9-4-3-6-10-7-5-8-10/h10H,3-9H2,1-2H3. The summed E-state index contributed by atoms with van der Waals surface area (Å²) in [6.07, 6.45) is 8.86. The molecular formula is C10H21N. The lowest BCUT2D eigenvalue weighted by atomic mass is 9.82. The minimum atomic E-state index is 1.11. The number of unbranched alkanes of at least 4 members (excludes halogenated alkanes) is 1. The highest BCUT2D eigenvalue weighted by molar-refractivity contribution is 4.69. The van der Waals surface area contributed by atoms with Crippen molar-refractivity contribution in [2.24, 2.45) is 5.92 Å². The summed E-state index contributed by atoms with van der Waals surface area (Å²) >= 11 is 0. The SMILES string of the molecule is CN(C)CCCCC1CCC1. The van der Waals surface area contributed by atoms with Gasteiger partial charge in [-0.3, -0.25) is 0 Å². The zero-order valence-corrected chi connectivity index (χ0v) is 7.97. The van der Waals surface area contributed by atoms with E-state index in [1.807, 2.05) is 0 Å². The zero-order valence-electron chi connectivity index (χ0n) is 7.97. The van der Waals surface area contributed by atoms with E-state index >= 15 is 0 Å². The Kier molecular flexibility index (Phi) is 3.92. The van der Waals surface area contributed by atoms with Gasteiger partial charge in [0, 0.05) is 0 Å². The fourth-order valence-corrected chi connectivity index (χ4v) is 1.64. The van der Waals surface area contributed by atoms with E-state index in [1.165, 1.54) is 45.1 Å². The average Bonchev–Trinajstić information content (AvgIpc) is 1.82. The lowest BCUT2D eigenvalue weighted by Gasteiger charge is -2.25. The smallest absolute Gasteiger partial charge is 0.00248 e. The molecular weight excluding hydrogens is 134 g/mol. The van der Waals surface area contributed by atoms with Crippen molar-refractivity contribution in [2.75, 3.05) is 20.6 Å². The van der Waals surface area contributed by atoms with E-state index in [0.29, 0.717) is 0 Å². The third-order valence-corrected chi connectivity index (χ3v) is 2.69. The van der Waals surface area contributed by atoms with Crippen LogP contribution in [-0.4, -0.2) is 25.5 Å². The second-order valence-corrected chi connectivity index (χ2v) is 4.10. The van der Waals surface area contributed by atoms with Crippen LogP contribution in [0.2, 0.25) is 0 Å². The van der Waals surface area contributed by atoms with Crippen LogP contribution in [0.1, 0.15) is 38.5 Å². The highest BCUT2D eigenvalue weighted by Gasteiger charge is 2.15. The summed E-state index contributed by atoms with van der Waals surface area (Å²) in [6.45, 7) is 1.27. The predicted molar refractivity (Wildman–Crippen MR) is 49.7 cm³/mol. The molecule has 0 aromatic carbocycles. The van der Waals surface area contributed by atoms with Crippen molar-refractivity contribution in [1.82, 2.24) is 4.90 Å². The fourth-order valence-electron chi connectivity index (χ4n) is 1.64. The zero-order chi connectivity index (χ0) is 8.10. The minimum Gasteiger partial charge on any atom is -0.309 e. The molecule has 1 fully saturated rings. The maximum absolute atomic E-state index is 2.28. The van der Waals surface area contributed by atoms with Gasteiger partial charge in [-0.15, -0.1) is 0 Å². The van der Waals surface area contributed by atoms with E-state index in [4.69, 9.17) is 0 Å². The molecule has 0 aliphatic heterocycles. The van der Waals surface area contributed by atoms with Gasteiger partial charge in [0.1, 0.15) is 0 Å². The fraction of sp³-hybridized carbons (Fsp3) is 1.00. The van der Waals surface area contributed by atoms with Crippen LogP contribution in [0.15, 0.2) is 0 Å². The maximum Gasteiger partial charge on any atom is -0.00248 e. The van der Waals surface area contributed by atoms with Crippen LogP contribution in [0.4, 0.5) is 0 Å². The Morgan fingerprint density at radius 3 is 2.36 bits per heavy atom. The van der Waals surface area contributed by atoms with Crippen LogP contribution in [0.3, 0.4) is 0 Å². The molecule has 0 saturated heterocycles. The Balaban J connectivity index is 1.80. The molecule has 0 unspecified atom stereocenters. The summed E-state index contributed by atoms with van der Waals surface area (Å²) in [4.78, 5) is 2.28. The van der Waals surface area contributed by atoms with E-state index in [0.717, 1.165) is 5.92 Å². The van der Waals surface area contributed by atoms with Crippen molar-refractivity contribution in [3.8, 4) is 0 Å². The number of rotatable bonds is 5. The molecule has 0 aromatic heterocycles. The molecule has 11 heavy (non-hydrogen) atoms. The second kappa shape index (κ2) is 4.76. The maximum atomic E-state index is 2.28. The van der Waals surface area contributed by atoms with Gasteiger partial charge in [0.25, 0.3) is 0 Å². The minimum absolute atomic E-state index is 1.11. The third-order valence-electron chi connectivity index (χ3n) is 2.69. The Morgan fingerprint density at radius 1 is 1.18 bits per heavy atom. The van der Waals surface area contributed by atoms with Gasteiger partial charge in [0.2, 0.25) is 0 Å². The first-order chi connectivity index (χ1) is 5.29. The molecule has 0 N–H and O–H groups in total. The van der Waals surface area contributed by atoms with Crippen molar-refractivity contribution < 1.29 is 0 Å².